The highest BCUT2D eigenvalue weighted by Gasteiger charge is 2.18. The molecule has 3 rings (SSSR count). The van der Waals surface area contributed by atoms with Crippen LogP contribution >= 0.6 is 11.6 Å². The molecule has 0 heterocycles. The summed E-state index contributed by atoms with van der Waals surface area (Å²) in [6.45, 7) is 0. The third-order valence-electron chi connectivity index (χ3n) is 4.60. The maximum absolute atomic E-state index is 12.9. The highest BCUT2D eigenvalue weighted by molar-refractivity contribution is 6.32. The van der Waals surface area contributed by atoms with Gasteiger partial charge in [0.1, 0.15) is 11.5 Å². The molecule has 6 nitrogen and oxygen atoms in total. The lowest BCUT2D eigenvalue weighted by Gasteiger charge is -2.12. The van der Waals surface area contributed by atoms with Gasteiger partial charge in [-0.15, -0.1) is 0 Å². The molecule has 0 bridgehead atoms. The van der Waals surface area contributed by atoms with Gasteiger partial charge in [0.05, 0.1) is 32.5 Å². The maximum Gasteiger partial charge on any atom is 0.343 e. The largest absolute Gasteiger partial charge is 0.497 e. The molecule has 0 amide bonds. The van der Waals surface area contributed by atoms with Gasteiger partial charge in [-0.3, -0.25) is 4.79 Å². The summed E-state index contributed by atoms with van der Waals surface area (Å²) in [4.78, 5) is 25.6. The number of ketones is 1. The van der Waals surface area contributed by atoms with Crippen LogP contribution < -0.4 is 18.9 Å². The molecule has 0 aliphatic rings. The minimum atomic E-state index is -0.664. The van der Waals surface area contributed by atoms with Crippen molar-refractivity contribution < 1.29 is 28.5 Å². The number of carbonyl (C=O) groups is 2. The van der Waals surface area contributed by atoms with Crippen LogP contribution in [0.2, 0.25) is 5.02 Å². The Bertz CT molecular complexity index is 1170. The minimum absolute atomic E-state index is 0.0675. The molecule has 164 valence electrons. The first-order chi connectivity index (χ1) is 15.5. The molecule has 0 aliphatic carbocycles. The molecule has 0 radical (unpaired) electrons. The molecule has 7 heteroatoms. The van der Waals surface area contributed by atoms with E-state index in [-0.39, 0.29) is 22.7 Å². The number of carbonyl (C=O) groups excluding carboxylic acids is 2. The van der Waals surface area contributed by atoms with Crippen LogP contribution in [0, 0.1) is 0 Å². The second-order valence-electron chi connectivity index (χ2n) is 6.54. The van der Waals surface area contributed by atoms with Gasteiger partial charge in [0, 0.05) is 11.1 Å². The van der Waals surface area contributed by atoms with Crippen molar-refractivity contribution >= 4 is 29.4 Å². The molecule has 0 saturated carbocycles. The molecule has 0 aliphatic heterocycles. The Labute approximate surface area is 190 Å². The van der Waals surface area contributed by atoms with E-state index in [0.29, 0.717) is 27.8 Å². The molecule has 0 N–H and O–H groups in total. The average molecular weight is 453 g/mol. The quantitative estimate of drug-likeness (QED) is 0.195. The first-order valence-electron chi connectivity index (χ1n) is 9.56. The zero-order valence-corrected chi connectivity index (χ0v) is 18.5. The van der Waals surface area contributed by atoms with Crippen molar-refractivity contribution in [2.24, 2.45) is 0 Å². The van der Waals surface area contributed by atoms with Gasteiger partial charge in [-0.05, 0) is 54.1 Å². The summed E-state index contributed by atoms with van der Waals surface area (Å²) in [5.74, 6) is 0.341. The molecule has 3 aromatic rings. The number of benzene rings is 3. The molecular formula is C25H21ClO6. The smallest absolute Gasteiger partial charge is 0.343 e. The maximum atomic E-state index is 12.9. The second kappa shape index (κ2) is 10.5. The molecule has 0 saturated heterocycles. The number of rotatable bonds is 8. The van der Waals surface area contributed by atoms with E-state index in [4.69, 9.17) is 30.5 Å². The van der Waals surface area contributed by atoms with E-state index in [0.717, 1.165) is 0 Å². The van der Waals surface area contributed by atoms with Crippen molar-refractivity contribution in [3.63, 3.8) is 0 Å². The van der Waals surface area contributed by atoms with Crippen molar-refractivity contribution in [1.82, 2.24) is 0 Å². The van der Waals surface area contributed by atoms with Crippen LogP contribution in [-0.2, 0) is 0 Å². The first kappa shape index (κ1) is 22.9. The van der Waals surface area contributed by atoms with Crippen molar-refractivity contribution in [3.05, 3.63) is 88.5 Å². The SMILES string of the molecule is COc1ccc(C(=O)/C=C/c2ccccc2Cl)c(OC(=O)c2ccc(OC)c(OC)c2)c1. The highest BCUT2D eigenvalue weighted by Crippen LogP contribution is 2.30. The van der Waals surface area contributed by atoms with Gasteiger partial charge in [-0.25, -0.2) is 4.79 Å². The van der Waals surface area contributed by atoms with Crippen LogP contribution in [0.3, 0.4) is 0 Å². The van der Waals surface area contributed by atoms with E-state index in [1.807, 2.05) is 6.07 Å². The van der Waals surface area contributed by atoms with E-state index in [9.17, 15) is 9.59 Å². The van der Waals surface area contributed by atoms with Gasteiger partial charge in [-0.1, -0.05) is 29.8 Å². The fourth-order valence-electron chi connectivity index (χ4n) is 2.91. The zero-order chi connectivity index (χ0) is 23.1. The Balaban J connectivity index is 1.90. The third-order valence-corrected chi connectivity index (χ3v) is 4.94. The second-order valence-corrected chi connectivity index (χ2v) is 6.95. The Hall–Kier alpha value is -3.77. The number of halogens is 1. The van der Waals surface area contributed by atoms with Crippen molar-refractivity contribution in [3.8, 4) is 23.0 Å². The Morgan fingerprint density at radius 1 is 0.812 bits per heavy atom. The number of methoxy groups -OCH3 is 3. The van der Waals surface area contributed by atoms with E-state index < -0.39 is 5.97 Å². The van der Waals surface area contributed by atoms with Crippen molar-refractivity contribution in [2.45, 2.75) is 0 Å². The number of hydrogen-bond donors (Lipinski definition) is 0. The highest BCUT2D eigenvalue weighted by atomic mass is 35.5. The fraction of sp³-hybridized carbons (Fsp3) is 0.120. The predicted molar refractivity (Wildman–Crippen MR) is 122 cm³/mol. The molecule has 3 aromatic carbocycles. The van der Waals surface area contributed by atoms with Gasteiger partial charge in [0.15, 0.2) is 17.3 Å². The monoisotopic (exact) mass is 452 g/mol. The Kier molecular flexibility index (Phi) is 7.52. The molecule has 0 fully saturated rings. The van der Waals surface area contributed by atoms with Crippen molar-refractivity contribution in [1.29, 1.82) is 0 Å². The van der Waals surface area contributed by atoms with Crippen molar-refractivity contribution in [2.75, 3.05) is 21.3 Å². The lowest BCUT2D eigenvalue weighted by Crippen LogP contribution is -2.11. The number of hydrogen-bond acceptors (Lipinski definition) is 6. The summed E-state index contributed by atoms with van der Waals surface area (Å²) in [6, 6.07) is 16.4. The molecular weight excluding hydrogens is 432 g/mol. The summed E-state index contributed by atoms with van der Waals surface area (Å²) in [6.07, 6.45) is 2.98. The van der Waals surface area contributed by atoms with Gasteiger partial charge in [0.25, 0.3) is 0 Å². The molecule has 0 unspecified atom stereocenters. The summed E-state index contributed by atoms with van der Waals surface area (Å²) in [7, 11) is 4.45. The van der Waals surface area contributed by atoms with E-state index in [1.165, 1.54) is 45.6 Å². The lowest BCUT2D eigenvalue weighted by molar-refractivity contribution is 0.0732. The number of allylic oxidation sites excluding steroid dienone is 1. The fourth-order valence-corrected chi connectivity index (χ4v) is 3.10. The van der Waals surface area contributed by atoms with Crippen LogP contribution in [0.4, 0.5) is 0 Å². The average Bonchev–Trinajstić information content (AvgIpc) is 2.82. The molecule has 0 spiro atoms. The van der Waals surface area contributed by atoms with Crippen LogP contribution in [0.15, 0.2) is 66.7 Å². The summed E-state index contributed by atoms with van der Waals surface area (Å²) in [5.41, 5.74) is 1.12. The zero-order valence-electron chi connectivity index (χ0n) is 17.8. The Morgan fingerprint density at radius 2 is 1.56 bits per heavy atom. The minimum Gasteiger partial charge on any atom is -0.497 e. The van der Waals surface area contributed by atoms with Gasteiger partial charge >= 0.3 is 5.97 Å². The van der Waals surface area contributed by atoms with Gasteiger partial charge in [0.2, 0.25) is 0 Å². The first-order valence-corrected chi connectivity index (χ1v) is 9.93. The third kappa shape index (κ3) is 5.28. The van der Waals surface area contributed by atoms with E-state index in [2.05, 4.69) is 0 Å². The summed E-state index contributed by atoms with van der Waals surface area (Å²) >= 11 is 6.14. The summed E-state index contributed by atoms with van der Waals surface area (Å²) in [5, 5.41) is 0.520. The van der Waals surface area contributed by atoms with Crippen LogP contribution in [0.1, 0.15) is 26.3 Å². The van der Waals surface area contributed by atoms with Gasteiger partial charge < -0.3 is 18.9 Å². The number of esters is 1. The van der Waals surface area contributed by atoms with Crippen LogP contribution in [0.25, 0.3) is 6.08 Å². The normalized spacial score (nSPS) is 10.6. The van der Waals surface area contributed by atoms with Crippen LogP contribution in [0.5, 0.6) is 23.0 Å². The lowest BCUT2D eigenvalue weighted by atomic mass is 10.1. The summed E-state index contributed by atoms with van der Waals surface area (Å²) < 4.78 is 21.2. The molecule has 0 aromatic heterocycles. The topological polar surface area (TPSA) is 71.1 Å². The standard InChI is InChI=1S/C25H21ClO6/c1-29-18-10-11-19(21(27)12-8-16-6-4-5-7-20(16)26)23(15-18)32-25(28)17-9-13-22(30-2)24(14-17)31-3/h4-15H,1-3H3/b12-8+. The molecule has 0 atom stereocenters. The van der Waals surface area contributed by atoms with Gasteiger partial charge in [-0.2, -0.15) is 0 Å². The Morgan fingerprint density at radius 3 is 2.25 bits per heavy atom. The number of ether oxygens (including phenoxy) is 4. The van der Waals surface area contributed by atoms with Crippen LogP contribution in [-0.4, -0.2) is 33.1 Å². The predicted octanol–water partition coefficient (Wildman–Crippen LogP) is 5.48. The van der Waals surface area contributed by atoms with E-state index in [1.54, 1.807) is 42.5 Å². The molecule has 32 heavy (non-hydrogen) atoms. The van der Waals surface area contributed by atoms with E-state index >= 15 is 0 Å².